The molecule has 3 nitrogen and oxygen atoms in total. The van der Waals surface area contributed by atoms with Crippen LogP contribution in [0.5, 0.6) is 0 Å². The molecule has 0 rings (SSSR count). The fraction of sp³-hybridized carbons (Fsp3) is 0.857. The van der Waals surface area contributed by atoms with Crippen LogP contribution in [0.2, 0.25) is 0 Å². The van der Waals surface area contributed by atoms with Crippen LogP contribution in [0.25, 0.3) is 0 Å². The predicted octanol–water partition coefficient (Wildman–Crippen LogP) is 0.757. The van der Waals surface area contributed by atoms with Gasteiger partial charge in [0.05, 0.1) is 0 Å². The van der Waals surface area contributed by atoms with Gasteiger partial charge >= 0.3 is 5.97 Å². The van der Waals surface area contributed by atoms with Crippen LogP contribution in [-0.2, 0) is 4.79 Å². The van der Waals surface area contributed by atoms with E-state index >= 15 is 0 Å². The Hall–Kier alpha value is -0.220. The molecule has 0 radical (unpaired) electrons. The first kappa shape index (κ1) is 10.8. The first-order valence-electron chi connectivity index (χ1n) is 3.67. The van der Waals surface area contributed by atoms with Crippen LogP contribution >= 0.6 is 12.6 Å². The third-order valence-electron chi connectivity index (χ3n) is 1.25. The molecule has 11 heavy (non-hydrogen) atoms. The standard InChI is InChI=1S/C7H15NO2S/c1-5(2)8-6(3-4-11)7(9)10/h5-6,8,11H,3-4H2,1-2H3,(H,9,10)/t6-/m0/s1. The average Bonchev–Trinajstić information content (AvgIpc) is 1.86. The number of nitrogens with one attached hydrogen (secondary N) is 1. The molecule has 0 unspecified atom stereocenters. The zero-order valence-electron chi connectivity index (χ0n) is 6.87. The van der Waals surface area contributed by atoms with Crippen molar-refractivity contribution in [1.29, 1.82) is 0 Å². The van der Waals surface area contributed by atoms with E-state index in [0.717, 1.165) is 0 Å². The van der Waals surface area contributed by atoms with Gasteiger partial charge < -0.3 is 10.4 Å². The number of aliphatic carboxylic acids is 1. The van der Waals surface area contributed by atoms with Gasteiger partial charge in [-0.25, -0.2) is 0 Å². The third-order valence-corrected chi connectivity index (χ3v) is 1.51. The first-order chi connectivity index (χ1) is 5.07. The third kappa shape index (κ3) is 5.09. The van der Waals surface area contributed by atoms with Crippen LogP contribution < -0.4 is 5.32 Å². The number of rotatable bonds is 5. The maximum absolute atomic E-state index is 10.5. The molecule has 0 saturated carbocycles. The van der Waals surface area contributed by atoms with Gasteiger partial charge in [-0.1, -0.05) is 13.8 Å². The summed E-state index contributed by atoms with van der Waals surface area (Å²) in [5.74, 6) is -0.204. The zero-order chi connectivity index (χ0) is 8.85. The van der Waals surface area contributed by atoms with Crippen molar-refractivity contribution >= 4 is 18.6 Å². The zero-order valence-corrected chi connectivity index (χ0v) is 7.77. The minimum absolute atomic E-state index is 0.205. The molecule has 0 aliphatic heterocycles. The molecule has 0 bridgehead atoms. The lowest BCUT2D eigenvalue weighted by Gasteiger charge is -2.15. The summed E-state index contributed by atoms with van der Waals surface area (Å²) in [7, 11) is 0. The van der Waals surface area contributed by atoms with Crippen LogP contribution in [0.4, 0.5) is 0 Å². The van der Waals surface area contributed by atoms with Gasteiger partial charge in [-0.05, 0) is 12.2 Å². The Bertz CT molecular complexity index is 128. The van der Waals surface area contributed by atoms with Crippen molar-refractivity contribution in [2.45, 2.75) is 32.4 Å². The van der Waals surface area contributed by atoms with Gasteiger partial charge in [0, 0.05) is 6.04 Å². The highest BCUT2D eigenvalue weighted by atomic mass is 32.1. The first-order valence-corrected chi connectivity index (χ1v) is 4.31. The van der Waals surface area contributed by atoms with E-state index in [1.165, 1.54) is 0 Å². The Morgan fingerprint density at radius 3 is 2.45 bits per heavy atom. The molecule has 0 amide bonds. The van der Waals surface area contributed by atoms with Crippen molar-refractivity contribution in [3.63, 3.8) is 0 Å². The summed E-state index contributed by atoms with van der Waals surface area (Å²) < 4.78 is 0. The molecule has 0 aromatic heterocycles. The van der Waals surface area contributed by atoms with Crippen molar-refractivity contribution in [2.75, 3.05) is 5.75 Å². The lowest BCUT2D eigenvalue weighted by atomic mass is 10.2. The lowest BCUT2D eigenvalue weighted by Crippen LogP contribution is -2.41. The van der Waals surface area contributed by atoms with Crippen LogP contribution in [-0.4, -0.2) is 28.9 Å². The second-order valence-corrected chi connectivity index (χ2v) is 3.17. The molecule has 0 heterocycles. The predicted molar refractivity (Wildman–Crippen MR) is 48.2 cm³/mol. The van der Waals surface area contributed by atoms with Crippen LogP contribution in [0.15, 0.2) is 0 Å². The highest BCUT2D eigenvalue weighted by Crippen LogP contribution is 1.96. The molecule has 66 valence electrons. The highest BCUT2D eigenvalue weighted by Gasteiger charge is 2.15. The monoisotopic (exact) mass is 177 g/mol. The second kappa shape index (κ2) is 5.43. The van der Waals surface area contributed by atoms with E-state index in [2.05, 4.69) is 17.9 Å². The van der Waals surface area contributed by atoms with E-state index in [0.29, 0.717) is 12.2 Å². The molecule has 1 atom stereocenters. The van der Waals surface area contributed by atoms with Crippen molar-refractivity contribution in [3.05, 3.63) is 0 Å². The molecule has 0 fully saturated rings. The highest BCUT2D eigenvalue weighted by molar-refractivity contribution is 7.80. The van der Waals surface area contributed by atoms with Crippen LogP contribution in [0, 0.1) is 0 Å². The summed E-state index contributed by atoms with van der Waals surface area (Å²) in [4.78, 5) is 10.5. The summed E-state index contributed by atoms with van der Waals surface area (Å²) in [5, 5.41) is 11.6. The Morgan fingerprint density at radius 2 is 2.18 bits per heavy atom. The van der Waals surface area contributed by atoms with E-state index in [4.69, 9.17) is 5.11 Å². The second-order valence-electron chi connectivity index (χ2n) is 2.72. The molecule has 0 aromatic carbocycles. The Labute approximate surface area is 72.6 Å². The fourth-order valence-corrected chi connectivity index (χ4v) is 1.07. The smallest absolute Gasteiger partial charge is 0.320 e. The van der Waals surface area contributed by atoms with Gasteiger partial charge in [0.2, 0.25) is 0 Å². The SMILES string of the molecule is CC(C)N[C@@H](CCS)C(=O)O. The Balaban J connectivity index is 3.79. The largest absolute Gasteiger partial charge is 0.480 e. The van der Waals surface area contributed by atoms with E-state index in [-0.39, 0.29) is 6.04 Å². The van der Waals surface area contributed by atoms with Crippen molar-refractivity contribution in [1.82, 2.24) is 5.32 Å². The number of hydrogen-bond acceptors (Lipinski definition) is 3. The lowest BCUT2D eigenvalue weighted by molar-refractivity contribution is -0.139. The van der Waals surface area contributed by atoms with E-state index in [9.17, 15) is 4.79 Å². The van der Waals surface area contributed by atoms with Gasteiger partial charge in [0.1, 0.15) is 6.04 Å². The minimum Gasteiger partial charge on any atom is -0.480 e. The van der Waals surface area contributed by atoms with Gasteiger partial charge in [-0.2, -0.15) is 12.6 Å². The quantitative estimate of drug-likeness (QED) is 0.543. The maximum atomic E-state index is 10.5. The Kier molecular flexibility index (Phi) is 5.32. The number of carboxylic acids is 1. The number of thiol groups is 1. The average molecular weight is 177 g/mol. The van der Waals surface area contributed by atoms with Crippen LogP contribution in [0.3, 0.4) is 0 Å². The van der Waals surface area contributed by atoms with E-state index in [1.807, 2.05) is 13.8 Å². The molecule has 2 N–H and O–H groups in total. The normalized spacial score (nSPS) is 13.5. The van der Waals surface area contributed by atoms with Crippen molar-refractivity contribution in [2.24, 2.45) is 0 Å². The topological polar surface area (TPSA) is 49.3 Å². The van der Waals surface area contributed by atoms with E-state index in [1.54, 1.807) is 0 Å². The Morgan fingerprint density at radius 1 is 1.64 bits per heavy atom. The summed E-state index contributed by atoms with van der Waals surface area (Å²) in [5.41, 5.74) is 0. The summed E-state index contributed by atoms with van der Waals surface area (Å²) in [6.45, 7) is 3.85. The molecular formula is C7H15NO2S. The number of hydrogen-bond donors (Lipinski definition) is 3. The fourth-order valence-electron chi connectivity index (χ4n) is 0.810. The van der Waals surface area contributed by atoms with Crippen molar-refractivity contribution < 1.29 is 9.90 Å². The molecular weight excluding hydrogens is 162 g/mol. The number of carbonyl (C=O) groups is 1. The minimum atomic E-state index is -0.798. The molecule has 0 aliphatic carbocycles. The van der Waals surface area contributed by atoms with Gasteiger partial charge in [0.15, 0.2) is 0 Å². The van der Waals surface area contributed by atoms with E-state index < -0.39 is 12.0 Å². The van der Waals surface area contributed by atoms with Crippen LogP contribution in [0.1, 0.15) is 20.3 Å². The van der Waals surface area contributed by atoms with Crippen molar-refractivity contribution in [3.8, 4) is 0 Å². The molecule has 4 heteroatoms. The molecule has 0 aromatic rings. The number of carboxylic acid groups (broad SMARTS) is 1. The molecule has 0 spiro atoms. The summed E-state index contributed by atoms with van der Waals surface area (Å²) in [6, 6.07) is -0.247. The molecule has 0 aliphatic rings. The molecule has 0 saturated heterocycles. The summed E-state index contributed by atoms with van der Waals surface area (Å²) in [6.07, 6.45) is 0.566. The summed E-state index contributed by atoms with van der Waals surface area (Å²) >= 11 is 3.97. The van der Waals surface area contributed by atoms with Gasteiger partial charge in [-0.15, -0.1) is 0 Å². The maximum Gasteiger partial charge on any atom is 0.320 e. The van der Waals surface area contributed by atoms with Gasteiger partial charge in [0.25, 0.3) is 0 Å². The van der Waals surface area contributed by atoms with Gasteiger partial charge in [-0.3, -0.25) is 4.79 Å².